The maximum absolute atomic E-state index is 12.4. The maximum atomic E-state index is 12.4. The van der Waals surface area contributed by atoms with Gasteiger partial charge in [-0.2, -0.15) is 0 Å². The Balaban J connectivity index is 3.09. The van der Waals surface area contributed by atoms with E-state index in [9.17, 15) is 4.39 Å². The standard InChI is InChI=1S/C7H8ClFN2/c1-4(10)7-6(8)2-5(9)3-11-7/h2-4H,10H2,1H3/t4-/m0/s1. The lowest BCUT2D eigenvalue weighted by atomic mass is 10.2. The van der Waals surface area contributed by atoms with Gasteiger partial charge in [-0.05, 0) is 13.0 Å². The van der Waals surface area contributed by atoms with Gasteiger partial charge in [-0.15, -0.1) is 0 Å². The Morgan fingerprint density at radius 3 is 2.82 bits per heavy atom. The van der Waals surface area contributed by atoms with Crippen molar-refractivity contribution >= 4 is 11.6 Å². The van der Waals surface area contributed by atoms with Crippen LogP contribution >= 0.6 is 11.6 Å². The Morgan fingerprint density at radius 2 is 2.36 bits per heavy atom. The number of hydrogen-bond donors (Lipinski definition) is 1. The SMILES string of the molecule is C[C@H](N)c1ncc(F)cc1Cl. The van der Waals surface area contributed by atoms with E-state index in [1.165, 1.54) is 6.07 Å². The van der Waals surface area contributed by atoms with Crippen LogP contribution in [-0.2, 0) is 0 Å². The second-order valence-electron chi connectivity index (χ2n) is 2.31. The summed E-state index contributed by atoms with van der Waals surface area (Å²) < 4.78 is 12.4. The van der Waals surface area contributed by atoms with Gasteiger partial charge < -0.3 is 5.73 Å². The summed E-state index contributed by atoms with van der Waals surface area (Å²) >= 11 is 5.64. The number of nitrogens with two attached hydrogens (primary N) is 1. The van der Waals surface area contributed by atoms with Gasteiger partial charge in [-0.25, -0.2) is 4.39 Å². The molecule has 0 fully saturated rings. The average Bonchev–Trinajstić information content (AvgIpc) is 1.85. The van der Waals surface area contributed by atoms with Gasteiger partial charge in [0.15, 0.2) is 0 Å². The first kappa shape index (κ1) is 8.43. The first-order valence-electron chi connectivity index (χ1n) is 3.18. The van der Waals surface area contributed by atoms with Gasteiger partial charge >= 0.3 is 0 Å². The molecule has 1 aromatic rings. The molecule has 0 saturated heterocycles. The van der Waals surface area contributed by atoms with Crippen LogP contribution in [0.15, 0.2) is 12.3 Å². The maximum Gasteiger partial charge on any atom is 0.142 e. The normalized spacial score (nSPS) is 13.1. The molecule has 0 aromatic carbocycles. The van der Waals surface area contributed by atoms with Crippen molar-refractivity contribution in [2.45, 2.75) is 13.0 Å². The quantitative estimate of drug-likeness (QED) is 0.706. The molecule has 11 heavy (non-hydrogen) atoms. The second-order valence-corrected chi connectivity index (χ2v) is 2.72. The molecule has 0 aliphatic heterocycles. The van der Waals surface area contributed by atoms with Crippen LogP contribution in [0.1, 0.15) is 18.7 Å². The first-order valence-corrected chi connectivity index (χ1v) is 3.55. The first-order chi connectivity index (χ1) is 5.11. The van der Waals surface area contributed by atoms with Gasteiger partial charge in [0.1, 0.15) is 5.82 Å². The summed E-state index contributed by atoms with van der Waals surface area (Å²) in [5.41, 5.74) is 6.02. The summed E-state index contributed by atoms with van der Waals surface area (Å²) in [6.45, 7) is 1.74. The molecule has 1 aromatic heterocycles. The van der Waals surface area contributed by atoms with Crippen molar-refractivity contribution in [3.8, 4) is 0 Å². The zero-order valence-corrected chi connectivity index (χ0v) is 6.77. The van der Waals surface area contributed by atoms with E-state index in [2.05, 4.69) is 4.98 Å². The fraction of sp³-hybridized carbons (Fsp3) is 0.286. The number of rotatable bonds is 1. The van der Waals surface area contributed by atoms with Crippen LogP contribution in [0.3, 0.4) is 0 Å². The van der Waals surface area contributed by atoms with E-state index >= 15 is 0 Å². The van der Waals surface area contributed by atoms with Crippen LogP contribution < -0.4 is 5.73 Å². The third kappa shape index (κ3) is 1.88. The van der Waals surface area contributed by atoms with Gasteiger partial charge in [0.2, 0.25) is 0 Å². The third-order valence-corrected chi connectivity index (χ3v) is 1.57. The van der Waals surface area contributed by atoms with Gasteiger partial charge in [0.05, 0.1) is 16.9 Å². The predicted molar refractivity (Wildman–Crippen MR) is 41.8 cm³/mol. The number of nitrogens with zero attached hydrogens (tertiary/aromatic N) is 1. The summed E-state index contributed by atoms with van der Waals surface area (Å²) in [4.78, 5) is 3.75. The van der Waals surface area contributed by atoms with Gasteiger partial charge in [0.25, 0.3) is 0 Å². The lowest BCUT2D eigenvalue weighted by Crippen LogP contribution is -2.08. The minimum absolute atomic E-state index is 0.261. The van der Waals surface area contributed by atoms with Crippen LogP contribution in [0, 0.1) is 5.82 Å². The van der Waals surface area contributed by atoms with Crippen molar-refractivity contribution < 1.29 is 4.39 Å². The zero-order chi connectivity index (χ0) is 8.43. The van der Waals surface area contributed by atoms with Crippen molar-refractivity contribution in [3.05, 3.63) is 28.8 Å². The van der Waals surface area contributed by atoms with Crippen molar-refractivity contribution in [3.63, 3.8) is 0 Å². The molecule has 2 nitrogen and oxygen atoms in total. The average molecular weight is 175 g/mol. The summed E-state index contributed by atoms with van der Waals surface area (Å²) in [6.07, 6.45) is 1.10. The summed E-state index contributed by atoms with van der Waals surface area (Å²) in [5.74, 6) is -0.445. The van der Waals surface area contributed by atoms with Crippen LogP contribution in [-0.4, -0.2) is 4.98 Å². The van der Waals surface area contributed by atoms with Gasteiger partial charge in [-0.1, -0.05) is 11.6 Å². The number of halogens is 2. The highest BCUT2D eigenvalue weighted by molar-refractivity contribution is 6.31. The van der Waals surface area contributed by atoms with Crippen molar-refractivity contribution in [1.29, 1.82) is 0 Å². The van der Waals surface area contributed by atoms with E-state index in [0.29, 0.717) is 5.69 Å². The molecule has 2 N–H and O–H groups in total. The van der Waals surface area contributed by atoms with E-state index in [4.69, 9.17) is 17.3 Å². The molecule has 1 atom stereocenters. The largest absolute Gasteiger partial charge is 0.323 e. The minimum Gasteiger partial charge on any atom is -0.323 e. The second kappa shape index (κ2) is 3.15. The molecule has 0 aliphatic rings. The molecule has 0 amide bonds. The molecule has 4 heteroatoms. The summed E-state index contributed by atoms with van der Waals surface area (Å²) in [6, 6.07) is 0.941. The van der Waals surface area contributed by atoms with E-state index < -0.39 is 5.82 Å². The van der Waals surface area contributed by atoms with E-state index in [1.807, 2.05) is 0 Å². The molecule has 0 radical (unpaired) electrons. The monoisotopic (exact) mass is 174 g/mol. The van der Waals surface area contributed by atoms with Crippen LogP contribution in [0.2, 0.25) is 5.02 Å². The third-order valence-electron chi connectivity index (χ3n) is 1.27. The Hall–Kier alpha value is -0.670. The summed E-state index contributed by atoms with van der Waals surface area (Å²) in [7, 11) is 0. The zero-order valence-electron chi connectivity index (χ0n) is 6.01. The molecule has 0 spiro atoms. The smallest absolute Gasteiger partial charge is 0.142 e. The Kier molecular flexibility index (Phi) is 2.42. The molecule has 0 bridgehead atoms. The van der Waals surface area contributed by atoms with Crippen LogP contribution in [0.5, 0.6) is 0 Å². The highest BCUT2D eigenvalue weighted by Gasteiger charge is 2.06. The molecular weight excluding hydrogens is 167 g/mol. The Bertz CT molecular complexity index is 263. The van der Waals surface area contributed by atoms with E-state index in [1.54, 1.807) is 6.92 Å². The lowest BCUT2D eigenvalue weighted by molar-refractivity contribution is 0.616. The molecule has 0 aliphatic carbocycles. The highest BCUT2D eigenvalue weighted by Crippen LogP contribution is 2.18. The molecule has 1 heterocycles. The predicted octanol–water partition coefficient (Wildman–Crippen LogP) is 1.89. The van der Waals surface area contributed by atoms with Gasteiger partial charge in [-0.3, -0.25) is 4.98 Å². The number of pyridine rings is 1. The molecule has 60 valence electrons. The van der Waals surface area contributed by atoms with Crippen LogP contribution in [0.4, 0.5) is 4.39 Å². The summed E-state index contributed by atoms with van der Waals surface area (Å²) in [5, 5.41) is 0.278. The highest BCUT2D eigenvalue weighted by atomic mass is 35.5. The Labute approximate surface area is 69.2 Å². The fourth-order valence-corrected chi connectivity index (χ4v) is 1.09. The number of hydrogen-bond acceptors (Lipinski definition) is 2. The minimum atomic E-state index is -0.445. The van der Waals surface area contributed by atoms with Crippen molar-refractivity contribution in [2.24, 2.45) is 5.73 Å². The number of aromatic nitrogens is 1. The Morgan fingerprint density at radius 1 is 1.73 bits per heavy atom. The topological polar surface area (TPSA) is 38.9 Å². The fourth-order valence-electron chi connectivity index (χ4n) is 0.760. The van der Waals surface area contributed by atoms with Crippen molar-refractivity contribution in [1.82, 2.24) is 4.98 Å². The van der Waals surface area contributed by atoms with Gasteiger partial charge in [0, 0.05) is 6.04 Å². The molecule has 0 unspecified atom stereocenters. The molecule has 1 rings (SSSR count). The lowest BCUT2D eigenvalue weighted by Gasteiger charge is -2.05. The van der Waals surface area contributed by atoms with E-state index in [-0.39, 0.29) is 11.1 Å². The van der Waals surface area contributed by atoms with E-state index in [0.717, 1.165) is 6.20 Å². The van der Waals surface area contributed by atoms with Crippen molar-refractivity contribution in [2.75, 3.05) is 0 Å². The molecular formula is C7H8ClFN2. The van der Waals surface area contributed by atoms with Crippen LogP contribution in [0.25, 0.3) is 0 Å². The molecule has 0 saturated carbocycles.